The lowest BCUT2D eigenvalue weighted by Gasteiger charge is -2.31. The molecule has 1 aliphatic rings. The van der Waals surface area contributed by atoms with Crippen LogP contribution >= 0.6 is 0 Å². The number of benzene rings is 1. The van der Waals surface area contributed by atoms with E-state index in [1.54, 1.807) is 0 Å². The van der Waals surface area contributed by atoms with E-state index in [0.717, 1.165) is 47.2 Å². The maximum atomic E-state index is 13.1. The van der Waals surface area contributed by atoms with E-state index in [4.69, 9.17) is 4.98 Å². The Morgan fingerprint density at radius 3 is 2.41 bits per heavy atom. The highest BCUT2D eigenvalue weighted by molar-refractivity contribution is 6.10. The van der Waals surface area contributed by atoms with Crippen molar-refractivity contribution in [2.45, 2.75) is 92.4 Å². The van der Waals surface area contributed by atoms with Crippen LogP contribution in [0.3, 0.4) is 0 Å². The monoisotopic (exact) mass is 394 g/mol. The van der Waals surface area contributed by atoms with E-state index in [2.05, 4.69) is 52.1 Å². The second-order valence-corrected chi connectivity index (χ2v) is 9.78. The minimum absolute atomic E-state index is 0.0148. The van der Waals surface area contributed by atoms with Crippen molar-refractivity contribution >= 4 is 22.4 Å². The Hall–Kier alpha value is -1.90. The molecular weight excluding hydrogens is 356 g/mol. The van der Waals surface area contributed by atoms with Crippen molar-refractivity contribution in [1.82, 2.24) is 4.98 Å². The number of hydrogen-bond donors (Lipinski definition) is 1. The van der Waals surface area contributed by atoms with E-state index in [-0.39, 0.29) is 11.2 Å². The van der Waals surface area contributed by atoms with Gasteiger partial charge in [0.2, 0.25) is 0 Å². The van der Waals surface area contributed by atoms with Crippen LogP contribution in [-0.4, -0.2) is 17.3 Å². The molecule has 1 aromatic heterocycles. The first kappa shape index (κ1) is 21.8. The van der Waals surface area contributed by atoms with Gasteiger partial charge in [0, 0.05) is 18.4 Å². The summed E-state index contributed by atoms with van der Waals surface area (Å²) in [5.74, 6) is 0.242. The van der Waals surface area contributed by atoms with E-state index in [0.29, 0.717) is 6.42 Å². The third kappa shape index (κ3) is 5.18. The minimum Gasteiger partial charge on any atom is -0.384 e. The number of hydrogen-bond acceptors (Lipinski definition) is 3. The number of carbonyl (C=O) groups is 1. The molecular formula is C26H38N2O. The molecule has 0 unspecified atom stereocenters. The van der Waals surface area contributed by atoms with Crippen LogP contribution in [0.25, 0.3) is 10.9 Å². The normalized spacial score (nSPS) is 15.6. The molecule has 0 saturated heterocycles. The predicted octanol–water partition coefficient (Wildman–Crippen LogP) is 7.17. The molecule has 3 rings (SSSR count). The first-order valence-electron chi connectivity index (χ1n) is 11.5. The maximum absolute atomic E-state index is 13.1. The smallest absolute Gasteiger partial charge is 0.167 e. The average Bonchev–Trinajstić information content (AvgIpc) is 2.63. The molecule has 0 radical (unpaired) electrons. The van der Waals surface area contributed by atoms with Crippen LogP contribution in [0.5, 0.6) is 0 Å². The van der Waals surface area contributed by atoms with Gasteiger partial charge in [0.1, 0.15) is 0 Å². The van der Waals surface area contributed by atoms with E-state index in [9.17, 15) is 4.79 Å². The summed E-state index contributed by atoms with van der Waals surface area (Å²) in [6, 6.07) is 4.38. The molecule has 3 heteroatoms. The number of pyridine rings is 1. The van der Waals surface area contributed by atoms with Crippen LogP contribution < -0.4 is 5.32 Å². The van der Waals surface area contributed by atoms with Crippen LogP contribution in [0.15, 0.2) is 12.1 Å². The lowest BCUT2D eigenvalue weighted by atomic mass is 9.75. The second-order valence-electron chi connectivity index (χ2n) is 9.78. The summed E-state index contributed by atoms with van der Waals surface area (Å²) < 4.78 is 0. The Bertz CT molecular complexity index is 882. The molecule has 1 aliphatic carbocycles. The third-order valence-electron chi connectivity index (χ3n) is 6.15. The van der Waals surface area contributed by atoms with Crippen molar-refractivity contribution in [2.75, 3.05) is 11.9 Å². The molecule has 0 fully saturated rings. The molecule has 0 saturated carbocycles. The van der Waals surface area contributed by atoms with E-state index < -0.39 is 0 Å². The van der Waals surface area contributed by atoms with Gasteiger partial charge in [-0.2, -0.15) is 0 Å². The van der Waals surface area contributed by atoms with Crippen molar-refractivity contribution in [3.8, 4) is 0 Å². The fraction of sp³-hybridized carbons (Fsp3) is 0.615. The number of nitrogens with one attached hydrogen (secondary N) is 1. The Kier molecular flexibility index (Phi) is 6.97. The van der Waals surface area contributed by atoms with Gasteiger partial charge >= 0.3 is 0 Å². The summed E-state index contributed by atoms with van der Waals surface area (Å²) in [5.41, 5.74) is 6.30. The molecule has 1 N–H and O–H groups in total. The fourth-order valence-electron chi connectivity index (χ4n) is 4.71. The van der Waals surface area contributed by atoms with E-state index in [1.807, 2.05) is 0 Å². The number of carbonyl (C=O) groups excluding carboxylic acids is 1. The van der Waals surface area contributed by atoms with Crippen molar-refractivity contribution < 1.29 is 4.79 Å². The maximum Gasteiger partial charge on any atom is 0.167 e. The molecule has 158 valence electrons. The molecule has 0 atom stereocenters. The van der Waals surface area contributed by atoms with Gasteiger partial charge in [-0.15, -0.1) is 0 Å². The molecule has 3 nitrogen and oxygen atoms in total. The number of aryl methyl sites for hydroxylation is 2. The van der Waals surface area contributed by atoms with Gasteiger partial charge < -0.3 is 5.32 Å². The number of aromatic nitrogens is 1. The first-order chi connectivity index (χ1) is 13.8. The van der Waals surface area contributed by atoms with Gasteiger partial charge in [-0.05, 0) is 43.7 Å². The SMILES string of the molecule is CCCCCCCCCNc1c2c(nc3c(C)cc(C)cc13)CC(C)(C)CC2=O. The van der Waals surface area contributed by atoms with Crippen LogP contribution in [0.4, 0.5) is 5.69 Å². The lowest BCUT2D eigenvalue weighted by molar-refractivity contribution is 0.0911. The second kappa shape index (κ2) is 9.28. The Morgan fingerprint density at radius 2 is 1.69 bits per heavy atom. The Balaban J connectivity index is 1.84. The highest BCUT2D eigenvalue weighted by Crippen LogP contribution is 2.40. The molecule has 2 aromatic rings. The van der Waals surface area contributed by atoms with Crippen LogP contribution in [0, 0.1) is 19.3 Å². The Morgan fingerprint density at radius 1 is 1.00 bits per heavy atom. The molecule has 1 heterocycles. The van der Waals surface area contributed by atoms with Gasteiger partial charge in [0.25, 0.3) is 0 Å². The number of rotatable bonds is 9. The zero-order chi connectivity index (χ0) is 21.0. The highest BCUT2D eigenvalue weighted by Gasteiger charge is 2.34. The predicted molar refractivity (Wildman–Crippen MR) is 124 cm³/mol. The summed E-state index contributed by atoms with van der Waals surface area (Å²) in [6.07, 6.45) is 10.5. The zero-order valence-corrected chi connectivity index (χ0v) is 19.1. The van der Waals surface area contributed by atoms with E-state index >= 15 is 0 Å². The summed E-state index contributed by atoms with van der Waals surface area (Å²) in [7, 11) is 0. The molecule has 1 aromatic carbocycles. The molecule has 0 amide bonds. The number of unbranched alkanes of at least 4 members (excludes halogenated alkanes) is 6. The number of ketones is 1. The van der Waals surface area contributed by atoms with Crippen LogP contribution in [0.1, 0.15) is 99.3 Å². The molecule has 0 spiro atoms. The molecule has 29 heavy (non-hydrogen) atoms. The van der Waals surface area contributed by atoms with Gasteiger partial charge in [0.15, 0.2) is 5.78 Å². The molecule has 0 aliphatic heterocycles. The third-order valence-corrected chi connectivity index (χ3v) is 6.15. The fourth-order valence-corrected chi connectivity index (χ4v) is 4.71. The Labute approximate surface area is 176 Å². The number of anilines is 1. The summed E-state index contributed by atoms with van der Waals surface area (Å²) in [6.45, 7) is 11.8. The topological polar surface area (TPSA) is 42.0 Å². The standard InChI is InChI=1S/C26H38N2O/c1-6-7-8-9-10-11-12-13-27-25-20-15-18(2)14-19(3)24(20)28-21-16-26(4,5)17-22(29)23(21)25/h14-15H,6-13,16-17H2,1-5H3,(H,27,28). The van der Waals surface area contributed by atoms with Crippen molar-refractivity contribution in [3.05, 3.63) is 34.5 Å². The largest absolute Gasteiger partial charge is 0.384 e. The highest BCUT2D eigenvalue weighted by atomic mass is 16.1. The summed E-state index contributed by atoms with van der Waals surface area (Å²) in [5, 5.41) is 4.78. The summed E-state index contributed by atoms with van der Waals surface area (Å²) in [4.78, 5) is 18.1. The van der Waals surface area contributed by atoms with Gasteiger partial charge in [-0.1, -0.05) is 70.9 Å². The number of Topliss-reactive ketones (excluding diaryl/α,β-unsaturated/α-hetero) is 1. The summed E-state index contributed by atoms with van der Waals surface area (Å²) >= 11 is 0. The average molecular weight is 395 g/mol. The minimum atomic E-state index is -0.0148. The van der Waals surface area contributed by atoms with Gasteiger partial charge in [0.05, 0.1) is 22.5 Å². The van der Waals surface area contributed by atoms with Crippen molar-refractivity contribution in [3.63, 3.8) is 0 Å². The van der Waals surface area contributed by atoms with Crippen molar-refractivity contribution in [2.24, 2.45) is 5.41 Å². The van der Waals surface area contributed by atoms with Gasteiger partial charge in [-0.25, -0.2) is 0 Å². The van der Waals surface area contributed by atoms with Crippen molar-refractivity contribution in [1.29, 1.82) is 0 Å². The number of nitrogens with zero attached hydrogens (tertiary/aromatic N) is 1. The molecule has 0 bridgehead atoms. The van der Waals surface area contributed by atoms with Crippen LogP contribution in [-0.2, 0) is 6.42 Å². The zero-order valence-electron chi connectivity index (χ0n) is 19.1. The quantitative estimate of drug-likeness (QED) is 0.458. The first-order valence-corrected chi connectivity index (χ1v) is 11.5. The number of fused-ring (bicyclic) bond motifs is 2. The van der Waals surface area contributed by atoms with Gasteiger partial charge in [-0.3, -0.25) is 9.78 Å². The lowest BCUT2D eigenvalue weighted by Crippen LogP contribution is -2.29. The van der Waals surface area contributed by atoms with Crippen LogP contribution in [0.2, 0.25) is 0 Å². The van der Waals surface area contributed by atoms with E-state index in [1.165, 1.54) is 49.7 Å².